The summed E-state index contributed by atoms with van der Waals surface area (Å²) < 4.78 is 5.25. The summed E-state index contributed by atoms with van der Waals surface area (Å²) in [5.41, 5.74) is -0.129. The molecule has 0 aliphatic rings. The van der Waals surface area contributed by atoms with Crippen LogP contribution in [0.4, 0.5) is 16.2 Å². The van der Waals surface area contributed by atoms with Crippen molar-refractivity contribution in [1.29, 1.82) is 0 Å². The molecule has 0 heterocycles. The van der Waals surface area contributed by atoms with Crippen LogP contribution < -0.4 is 10.2 Å². The summed E-state index contributed by atoms with van der Waals surface area (Å²) in [6, 6.07) is 9.87. The number of nitrogens with one attached hydrogen (secondary N) is 1. The number of carbonyl (C=O) groups excluding carboxylic acids is 3. The molecular weight excluding hydrogens is 426 g/mol. The average molecular weight is 456 g/mol. The van der Waals surface area contributed by atoms with Gasteiger partial charge in [0.15, 0.2) is 0 Å². The molecule has 33 heavy (non-hydrogen) atoms. The number of ether oxygens (including phenoxy) is 1. The molecule has 9 nitrogen and oxygen atoms in total. The number of para-hydroxylation sites is 1. The molecule has 0 saturated heterocycles. The topological polar surface area (TPSA) is 119 Å². The average Bonchev–Trinajstić information content (AvgIpc) is 2.71. The molecule has 3 amide bonds. The van der Waals surface area contributed by atoms with E-state index in [0.29, 0.717) is 11.1 Å². The van der Waals surface area contributed by atoms with Crippen LogP contribution in [0.15, 0.2) is 42.5 Å². The summed E-state index contributed by atoms with van der Waals surface area (Å²) in [5.74, 6) is -1.57. The fraction of sp³-hybridized carbons (Fsp3) is 0.375. The minimum atomic E-state index is -1.09. The van der Waals surface area contributed by atoms with Crippen LogP contribution >= 0.6 is 0 Å². The molecule has 1 atom stereocenters. The van der Waals surface area contributed by atoms with E-state index in [2.05, 4.69) is 5.32 Å². The Hall–Kier alpha value is -3.75. The number of rotatable bonds is 6. The van der Waals surface area contributed by atoms with Crippen LogP contribution in [0.2, 0.25) is 0 Å². The van der Waals surface area contributed by atoms with Gasteiger partial charge in [-0.25, -0.2) is 9.69 Å². The molecule has 0 fully saturated rings. The van der Waals surface area contributed by atoms with E-state index in [1.54, 1.807) is 71.9 Å². The Morgan fingerprint density at radius 2 is 1.67 bits per heavy atom. The van der Waals surface area contributed by atoms with Gasteiger partial charge in [0, 0.05) is 6.07 Å². The van der Waals surface area contributed by atoms with E-state index >= 15 is 0 Å². The monoisotopic (exact) mass is 455 g/mol. The van der Waals surface area contributed by atoms with Crippen LogP contribution in [-0.4, -0.2) is 34.5 Å². The van der Waals surface area contributed by atoms with Crippen molar-refractivity contribution < 1.29 is 24.0 Å². The minimum absolute atomic E-state index is 0.170. The molecule has 0 saturated carbocycles. The van der Waals surface area contributed by atoms with Gasteiger partial charge in [-0.2, -0.15) is 0 Å². The highest BCUT2D eigenvalue weighted by atomic mass is 16.6. The molecule has 176 valence electrons. The molecular formula is C24H29N3O6. The number of benzene rings is 2. The second kappa shape index (κ2) is 10.2. The van der Waals surface area contributed by atoms with Crippen LogP contribution in [0.1, 0.15) is 55.6 Å². The molecule has 0 bridgehead atoms. The predicted octanol–water partition coefficient (Wildman–Crippen LogP) is 4.69. The predicted molar refractivity (Wildman–Crippen MR) is 124 cm³/mol. The summed E-state index contributed by atoms with van der Waals surface area (Å²) in [5, 5.41) is 14.1. The van der Waals surface area contributed by atoms with Crippen LogP contribution in [0, 0.1) is 24.0 Å². The number of hydrogen-bond acceptors (Lipinski definition) is 6. The van der Waals surface area contributed by atoms with Gasteiger partial charge >= 0.3 is 6.09 Å². The van der Waals surface area contributed by atoms with Gasteiger partial charge in [-0.15, -0.1) is 0 Å². The van der Waals surface area contributed by atoms with E-state index in [9.17, 15) is 24.5 Å². The molecule has 0 radical (unpaired) electrons. The third-order valence-electron chi connectivity index (χ3n) is 4.84. The van der Waals surface area contributed by atoms with Gasteiger partial charge in [0.25, 0.3) is 17.5 Å². The lowest BCUT2D eigenvalue weighted by atomic mass is 10.0. The van der Waals surface area contributed by atoms with Crippen molar-refractivity contribution in [3.63, 3.8) is 0 Å². The second-order valence-electron chi connectivity index (χ2n) is 8.60. The number of anilines is 1. The number of carbonyl (C=O) groups is 3. The highest BCUT2D eigenvalue weighted by molar-refractivity contribution is 6.24. The van der Waals surface area contributed by atoms with E-state index in [1.807, 2.05) is 0 Å². The number of nitrogens with zero attached hydrogens (tertiary/aromatic N) is 2. The molecule has 0 aliphatic carbocycles. The van der Waals surface area contributed by atoms with E-state index < -0.39 is 40.2 Å². The molecule has 0 spiro atoms. The number of amides is 3. The van der Waals surface area contributed by atoms with Crippen molar-refractivity contribution >= 4 is 29.3 Å². The Kier molecular flexibility index (Phi) is 7.92. The van der Waals surface area contributed by atoms with E-state index in [4.69, 9.17) is 4.74 Å². The molecule has 1 unspecified atom stereocenters. The van der Waals surface area contributed by atoms with E-state index in [0.717, 1.165) is 4.90 Å². The highest BCUT2D eigenvalue weighted by Crippen LogP contribution is 2.29. The van der Waals surface area contributed by atoms with Crippen molar-refractivity contribution in [1.82, 2.24) is 5.32 Å². The first-order chi connectivity index (χ1) is 15.4. The molecule has 0 aromatic heterocycles. The molecule has 2 aromatic rings. The number of alkyl carbamates (subject to hydrolysis) is 1. The zero-order chi connectivity index (χ0) is 24.9. The van der Waals surface area contributed by atoms with Crippen LogP contribution in [0.5, 0.6) is 0 Å². The summed E-state index contributed by atoms with van der Waals surface area (Å²) in [6.07, 6.45) is -0.634. The number of nitro groups is 1. The molecule has 2 aromatic carbocycles. The summed E-state index contributed by atoms with van der Waals surface area (Å²) in [6.45, 7) is 10.0. The van der Waals surface area contributed by atoms with E-state index in [1.165, 1.54) is 12.1 Å². The lowest BCUT2D eigenvalue weighted by Crippen LogP contribution is -2.51. The van der Waals surface area contributed by atoms with Crippen molar-refractivity contribution in [2.45, 2.75) is 59.6 Å². The second-order valence-corrected chi connectivity index (χ2v) is 8.60. The van der Waals surface area contributed by atoms with Crippen LogP contribution in [0.3, 0.4) is 0 Å². The lowest BCUT2D eigenvalue weighted by Gasteiger charge is -2.28. The van der Waals surface area contributed by atoms with Gasteiger partial charge in [-0.3, -0.25) is 19.7 Å². The normalized spacial score (nSPS) is 11.9. The maximum Gasteiger partial charge on any atom is 0.408 e. The van der Waals surface area contributed by atoms with Crippen molar-refractivity contribution in [3.05, 3.63) is 69.3 Å². The SMILES string of the molecule is CCC(NC(=O)OC(C)(C)C)C(=O)N(C(=O)c1c(C)cccc1[N+](=O)[O-])c1ccccc1C. The summed E-state index contributed by atoms with van der Waals surface area (Å²) in [7, 11) is 0. The van der Waals surface area contributed by atoms with Gasteiger partial charge in [-0.1, -0.05) is 37.3 Å². The Morgan fingerprint density at radius 3 is 2.21 bits per heavy atom. The summed E-state index contributed by atoms with van der Waals surface area (Å²) >= 11 is 0. The van der Waals surface area contributed by atoms with Crippen molar-refractivity contribution in [2.75, 3.05) is 4.90 Å². The Balaban J connectivity index is 2.58. The third-order valence-corrected chi connectivity index (χ3v) is 4.84. The van der Waals surface area contributed by atoms with Gasteiger partial charge in [0.1, 0.15) is 17.2 Å². The Bertz CT molecular complexity index is 1070. The minimum Gasteiger partial charge on any atom is -0.444 e. The van der Waals surface area contributed by atoms with Crippen LogP contribution in [0.25, 0.3) is 0 Å². The maximum absolute atomic E-state index is 13.7. The highest BCUT2D eigenvalue weighted by Gasteiger charge is 2.36. The first kappa shape index (κ1) is 25.5. The number of nitro benzene ring substituents is 1. The lowest BCUT2D eigenvalue weighted by molar-refractivity contribution is -0.385. The van der Waals surface area contributed by atoms with Crippen molar-refractivity contribution in [2.24, 2.45) is 0 Å². The molecule has 9 heteroatoms. The zero-order valence-corrected chi connectivity index (χ0v) is 19.7. The fourth-order valence-electron chi connectivity index (χ4n) is 3.28. The fourth-order valence-corrected chi connectivity index (χ4v) is 3.28. The largest absolute Gasteiger partial charge is 0.444 e. The van der Waals surface area contributed by atoms with Gasteiger partial charge in [0.2, 0.25) is 0 Å². The zero-order valence-electron chi connectivity index (χ0n) is 19.7. The number of imide groups is 1. The van der Waals surface area contributed by atoms with Crippen molar-refractivity contribution in [3.8, 4) is 0 Å². The standard InChI is InChI=1S/C24H29N3O6/c1-7-17(25-23(30)33-24(4,5)6)21(28)26(18-13-9-8-11-15(18)2)22(29)20-16(3)12-10-14-19(20)27(31)32/h8-14,17H,7H2,1-6H3,(H,25,30). The number of aryl methyl sites for hydroxylation is 2. The van der Waals surface area contributed by atoms with Gasteiger partial charge < -0.3 is 10.1 Å². The first-order valence-corrected chi connectivity index (χ1v) is 10.5. The molecule has 1 N–H and O–H groups in total. The molecule has 2 rings (SSSR count). The van der Waals surface area contributed by atoms with Gasteiger partial charge in [0.05, 0.1) is 10.6 Å². The Labute approximate surface area is 192 Å². The van der Waals surface area contributed by atoms with Gasteiger partial charge in [-0.05, 0) is 58.2 Å². The quantitative estimate of drug-likeness (QED) is 0.499. The Morgan fingerprint density at radius 1 is 1.06 bits per heavy atom. The third kappa shape index (κ3) is 6.15. The molecule has 0 aliphatic heterocycles. The summed E-state index contributed by atoms with van der Waals surface area (Å²) in [4.78, 5) is 51.5. The number of hydrogen-bond donors (Lipinski definition) is 1. The first-order valence-electron chi connectivity index (χ1n) is 10.5. The maximum atomic E-state index is 13.7. The van der Waals surface area contributed by atoms with Crippen LogP contribution in [-0.2, 0) is 9.53 Å². The smallest absolute Gasteiger partial charge is 0.408 e. The van der Waals surface area contributed by atoms with E-state index in [-0.39, 0.29) is 17.7 Å².